The van der Waals surface area contributed by atoms with Crippen molar-refractivity contribution in [2.45, 2.75) is 13.8 Å². The van der Waals surface area contributed by atoms with Crippen molar-refractivity contribution in [2.75, 3.05) is 26.1 Å². The summed E-state index contributed by atoms with van der Waals surface area (Å²) in [7, 11) is 3.53. The van der Waals surface area contributed by atoms with E-state index in [9.17, 15) is 0 Å². The molecule has 0 aliphatic carbocycles. The van der Waals surface area contributed by atoms with Gasteiger partial charge in [0.05, 0.1) is 24.3 Å². The Bertz CT molecular complexity index is 567. The number of para-hydroxylation sites is 1. The van der Waals surface area contributed by atoms with Gasteiger partial charge in [-0.05, 0) is 26.0 Å². The second kappa shape index (κ2) is 5.93. The van der Waals surface area contributed by atoms with E-state index in [-0.39, 0.29) is 0 Å². The highest BCUT2D eigenvalue weighted by Gasteiger charge is 2.16. The minimum atomic E-state index is 0.614. The lowest BCUT2D eigenvalue weighted by atomic mass is 10.1. The van der Waals surface area contributed by atoms with Gasteiger partial charge in [0.1, 0.15) is 0 Å². The van der Waals surface area contributed by atoms with E-state index in [4.69, 9.17) is 9.47 Å². The van der Waals surface area contributed by atoms with Crippen LogP contribution in [0, 0.1) is 6.92 Å². The number of thiazole rings is 1. The highest BCUT2D eigenvalue weighted by molar-refractivity contribution is 7.19. The first-order valence-corrected chi connectivity index (χ1v) is 6.98. The van der Waals surface area contributed by atoms with Crippen molar-refractivity contribution in [3.05, 3.63) is 23.9 Å². The molecular weight excluding hydrogens is 260 g/mol. The molecule has 0 fully saturated rings. The third-order valence-corrected chi connectivity index (χ3v) is 3.95. The van der Waals surface area contributed by atoms with E-state index in [2.05, 4.69) is 10.3 Å². The van der Waals surface area contributed by atoms with E-state index < -0.39 is 0 Å². The second-order valence-corrected chi connectivity index (χ2v) is 4.95. The Morgan fingerprint density at radius 3 is 2.74 bits per heavy atom. The summed E-state index contributed by atoms with van der Waals surface area (Å²) in [6.07, 6.45) is 0. The van der Waals surface area contributed by atoms with Gasteiger partial charge in [-0.15, -0.1) is 0 Å². The van der Waals surface area contributed by atoms with Crippen molar-refractivity contribution in [3.8, 4) is 21.9 Å². The fourth-order valence-electron chi connectivity index (χ4n) is 1.93. The van der Waals surface area contributed by atoms with Gasteiger partial charge < -0.3 is 14.8 Å². The van der Waals surface area contributed by atoms with Gasteiger partial charge in [-0.3, -0.25) is 0 Å². The number of methoxy groups -OCH3 is 1. The number of benzene rings is 1. The molecule has 1 aromatic heterocycles. The van der Waals surface area contributed by atoms with Crippen LogP contribution in [-0.4, -0.2) is 25.7 Å². The van der Waals surface area contributed by atoms with Gasteiger partial charge in [-0.2, -0.15) is 0 Å². The molecule has 5 heteroatoms. The lowest BCUT2D eigenvalue weighted by Gasteiger charge is -2.12. The van der Waals surface area contributed by atoms with Gasteiger partial charge >= 0.3 is 0 Å². The molecule has 2 rings (SSSR count). The zero-order chi connectivity index (χ0) is 13.8. The molecule has 0 amide bonds. The molecule has 0 bridgehead atoms. The van der Waals surface area contributed by atoms with Crippen molar-refractivity contribution in [2.24, 2.45) is 0 Å². The molecule has 0 atom stereocenters. The van der Waals surface area contributed by atoms with Gasteiger partial charge in [0.15, 0.2) is 16.6 Å². The molecule has 0 aliphatic rings. The third kappa shape index (κ3) is 2.66. The maximum Gasteiger partial charge on any atom is 0.183 e. The van der Waals surface area contributed by atoms with E-state index in [1.165, 1.54) is 0 Å². The molecular formula is C14H18N2O2S. The SMILES string of the molecule is CCOc1cccc(-c2sc(NC)nc2C)c1OC. The second-order valence-electron chi connectivity index (χ2n) is 3.95. The van der Waals surface area contributed by atoms with Crippen molar-refractivity contribution in [1.29, 1.82) is 0 Å². The molecule has 0 saturated heterocycles. The number of rotatable bonds is 5. The van der Waals surface area contributed by atoms with Crippen LogP contribution < -0.4 is 14.8 Å². The Balaban J connectivity index is 2.54. The smallest absolute Gasteiger partial charge is 0.183 e. The summed E-state index contributed by atoms with van der Waals surface area (Å²) < 4.78 is 11.1. The average molecular weight is 278 g/mol. The normalized spacial score (nSPS) is 10.3. The van der Waals surface area contributed by atoms with Crippen LogP contribution in [-0.2, 0) is 0 Å². The van der Waals surface area contributed by atoms with Crippen LogP contribution in [0.3, 0.4) is 0 Å². The number of anilines is 1. The third-order valence-electron chi connectivity index (χ3n) is 2.74. The molecule has 2 aromatic rings. The fraction of sp³-hybridized carbons (Fsp3) is 0.357. The minimum absolute atomic E-state index is 0.614. The van der Waals surface area contributed by atoms with Gasteiger partial charge in [-0.1, -0.05) is 17.4 Å². The molecule has 1 aromatic carbocycles. The predicted molar refractivity (Wildman–Crippen MR) is 79.6 cm³/mol. The van der Waals surface area contributed by atoms with Crippen molar-refractivity contribution in [3.63, 3.8) is 0 Å². The lowest BCUT2D eigenvalue weighted by molar-refractivity contribution is 0.311. The van der Waals surface area contributed by atoms with Crippen molar-refractivity contribution in [1.82, 2.24) is 4.98 Å². The largest absolute Gasteiger partial charge is 0.492 e. The molecule has 19 heavy (non-hydrogen) atoms. The zero-order valence-corrected chi connectivity index (χ0v) is 12.4. The topological polar surface area (TPSA) is 43.4 Å². The van der Waals surface area contributed by atoms with Crippen LogP contribution >= 0.6 is 11.3 Å². The van der Waals surface area contributed by atoms with Gasteiger partial charge in [0.25, 0.3) is 0 Å². The monoisotopic (exact) mass is 278 g/mol. The molecule has 4 nitrogen and oxygen atoms in total. The number of hydrogen-bond acceptors (Lipinski definition) is 5. The summed E-state index contributed by atoms with van der Waals surface area (Å²) in [5, 5.41) is 3.97. The number of nitrogens with zero attached hydrogens (tertiary/aromatic N) is 1. The maximum absolute atomic E-state index is 5.61. The van der Waals surface area contributed by atoms with Crippen LogP contribution in [0.2, 0.25) is 0 Å². The minimum Gasteiger partial charge on any atom is -0.492 e. The number of hydrogen-bond donors (Lipinski definition) is 1. The zero-order valence-electron chi connectivity index (χ0n) is 11.6. The van der Waals surface area contributed by atoms with Crippen LogP contribution in [0.1, 0.15) is 12.6 Å². The Morgan fingerprint density at radius 1 is 1.37 bits per heavy atom. The summed E-state index contributed by atoms with van der Waals surface area (Å²) >= 11 is 1.61. The van der Waals surface area contributed by atoms with Gasteiger partial charge in [0.2, 0.25) is 0 Å². The van der Waals surface area contributed by atoms with Gasteiger partial charge in [-0.25, -0.2) is 4.98 Å². The van der Waals surface area contributed by atoms with Crippen molar-refractivity contribution < 1.29 is 9.47 Å². The number of ether oxygens (including phenoxy) is 2. The number of nitrogens with one attached hydrogen (secondary N) is 1. The first kappa shape index (κ1) is 13.7. The van der Waals surface area contributed by atoms with E-state index in [0.717, 1.165) is 32.8 Å². The molecule has 1 heterocycles. The Kier molecular flexibility index (Phi) is 4.27. The molecule has 0 spiro atoms. The van der Waals surface area contributed by atoms with Crippen LogP contribution in [0.4, 0.5) is 5.13 Å². The van der Waals surface area contributed by atoms with Gasteiger partial charge in [0, 0.05) is 12.6 Å². The summed E-state index contributed by atoms with van der Waals surface area (Å²) in [5.41, 5.74) is 2.01. The summed E-state index contributed by atoms with van der Waals surface area (Å²) in [4.78, 5) is 5.57. The van der Waals surface area contributed by atoms with E-state index >= 15 is 0 Å². The Morgan fingerprint density at radius 2 is 2.16 bits per heavy atom. The molecule has 1 N–H and O–H groups in total. The predicted octanol–water partition coefficient (Wildman–Crippen LogP) is 3.57. The Labute approximate surface area is 117 Å². The number of aromatic nitrogens is 1. The first-order chi connectivity index (χ1) is 9.21. The summed E-state index contributed by atoms with van der Waals surface area (Å²) in [6.45, 7) is 4.58. The van der Waals surface area contributed by atoms with Crippen LogP contribution in [0.5, 0.6) is 11.5 Å². The highest BCUT2D eigenvalue weighted by atomic mass is 32.1. The fourth-order valence-corrected chi connectivity index (χ4v) is 2.87. The molecule has 0 aliphatic heterocycles. The van der Waals surface area contributed by atoms with Crippen LogP contribution in [0.25, 0.3) is 10.4 Å². The van der Waals surface area contributed by atoms with Crippen LogP contribution in [0.15, 0.2) is 18.2 Å². The summed E-state index contributed by atoms with van der Waals surface area (Å²) in [6, 6.07) is 5.92. The highest BCUT2D eigenvalue weighted by Crippen LogP contribution is 2.42. The standard InChI is InChI=1S/C14H18N2O2S/c1-5-18-11-8-6-7-10(12(11)17-4)13-9(2)16-14(15-3)19-13/h6-8H,5H2,1-4H3,(H,15,16). The maximum atomic E-state index is 5.61. The first-order valence-electron chi connectivity index (χ1n) is 6.16. The number of aryl methyl sites for hydroxylation is 1. The van der Waals surface area contributed by atoms with E-state index in [0.29, 0.717) is 6.61 Å². The van der Waals surface area contributed by atoms with E-state index in [1.54, 1.807) is 18.4 Å². The summed E-state index contributed by atoms with van der Waals surface area (Å²) in [5.74, 6) is 1.53. The molecule has 0 saturated carbocycles. The average Bonchev–Trinajstić information content (AvgIpc) is 2.80. The molecule has 0 radical (unpaired) electrons. The quantitative estimate of drug-likeness (QED) is 0.908. The molecule has 0 unspecified atom stereocenters. The molecule has 102 valence electrons. The Hall–Kier alpha value is -1.75. The lowest BCUT2D eigenvalue weighted by Crippen LogP contribution is -1.96. The van der Waals surface area contributed by atoms with Crippen molar-refractivity contribution >= 4 is 16.5 Å². The van der Waals surface area contributed by atoms with E-state index in [1.807, 2.05) is 39.1 Å².